The van der Waals surface area contributed by atoms with Crippen LogP contribution in [0.4, 0.5) is 11.4 Å². The molecule has 3 aromatic rings. The van der Waals surface area contributed by atoms with Crippen LogP contribution in [-0.2, 0) is 24.8 Å². The molecule has 1 amide bonds. The van der Waals surface area contributed by atoms with E-state index in [1.807, 2.05) is 18.2 Å². The Bertz CT molecular complexity index is 1480. The summed E-state index contributed by atoms with van der Waals surface area (Å²) in [5.74, 6) is -0.438. The van der Waals surface area contributed by atoms with Crippen molar-refractivity contribution in [3.8, 4) is 5.75 Å². The van der Waals surface area contributed by atoms with Gasteiger partial charge in [0.2, 0.25) is 26.0 Å². The van der Waals surface area contributed by atoms with Gasteiger partial charge in [-0.2, -0.15) is 4.31 Å². The highest BCUT2D eigenvalue weighted by Crippen LogP contribution is 2.32. The maximum absolute atomic E-state index is 13.3. The third-order valence-electron chi connectivity index (χ3n) is 6.10. The third kappa shape index (κ3) is 5.48. The molecule has 0 saturated carbocycles. The number of methoxy groups -OCH3 is 1. The summed E-state index contributed by atoms with van der Waals surface area (Å²) >= 11 is 0. The van der Waals surface area contributed by atoms with Gasteiger partial charge in [-0.05, 0) is 42.5 Å². The van der Waals surface area contributed by atoms with Gasteiger partial charge in [-0.1, -0.05) is 42.8 Å². The number of sulfonamides is 2. The minimum absolute atomic E-state index is 0.0428. The van der Waals surface area contributed by atoms with Crippen molar-refractivity contribution in [1.82, 2.24) is 4.31 Å². The van der Waals surface area contributed by atoms with Crippen LogP contribution in [0.1, 0.15) is 19.3 Å². The molecule has 9 nitrogen and oxygen atoms in total. The Labute approximate surface area is 211 Å². The normalized spacial score (nSPS) is 14.9. The van der Waals surface area contributed by atoms with Gasteiger partial charge in [0, 0.05) is 24.2 Å². The Morgan fingerprint density at radius 3 is 2.36 bits per heavy atom. The number of rotatable bonds is 8. The van der Waals surface area contributed by atoms with Crippen LogP contribution >= 0.6 is 0 Å². The fourth-order valence-electron chi connectivity index (χ4n) is 4.34. The molecule has 4 rings (SSSR count). The SMILES string of the molecule is COc1ccc(NC(=O)CN(c2cccc3ccccc23)S(C)(=O)=O)cc1S(=O)(=O)N1CCCCC1. The number of anilines is 2. The summed E-state index contributed by atoms with van der Waals surface area (Å²) in [4.78, 5) is 12.9. The van der Waals surface area contributed by atoms with E-state index < -0.39 is 32.5 Å². The predicted octanol–water partition coefficient (Wildman–Crippen LogP) is 3.43. The molecule has 0 spiro atoms. The summed E-state index contributed by atoms with van der Waals surface area (Å²) in [6.45, 7) is 0.375. The van der Waals surface area contributed by atoms with Crippen molar-refractivity contribution in [1.29, 1.82) is 0 Å². The van der Waals surface area contributed by atoms with E-state index in [9.17, 15) is 21.6 Å². The van der Waals surface area contributed by atoms with Gasteiger partial charge in [-0.15, -0.1) is 0 Å². The van der Waals surface area contributed by atoms with Crippen molar-refractivity contribution in [3.63, 3.8) is 0 Å². The van der Waals surface area contributed by atoms with Gasteiger partial charge in [0.1, 0.15) is 17.2 Å². The van der Waals surface area contributed by atoms with Crippen molar-refractivity contribution in [2.24, 2.45) is 0 Å². The lowest BCUT2D eigenvalue weighted by atomic mass is 10.1. The number of nitrogens with zero attached hydrogens (tertiary/aromatic N) is 2. The van der Waals surface area contributed by atoms with Crippen molar-refractivity contribution >= 4 is 48.1 Å². The van der Waals surface area contributed by atoms with E-state index in [4.69, 9.17) is 4.74 Å². The number of hydrogen-bond acceptors (Lipinski definition) is 6. The predicted molar refractivity (Wildman–Crippen MR) is 140 cm³/mol. The minimum atomic E-state index is -3.83. The lowest BCUT2D eigenvalue weighted by Gasteiger charge is -2.27. The van der Waals surface area contributed by atoms with Crippen molar-refractivity contribution in [2.75, 3.05) is 42.6 Å². The van der Waals surface area contributed by atoms with Crippen LogP contribution in [0.2, 0.25) is 0 Å². The zero-order chi connectivity index (χ0) is 25.9. The van der Waals surface area contributed by atoms with Crippen LogP contribution in [0.5, 0.6) is 5.75 Å². The second-order valence-corrected chi connectivity index (χ2v) is 12.5. The van der Waals surface area contributed by atoms with Crippen LogP contribution in [0, 0.1) is 0 Å². The summed E-state index contributed by atoms with van der Waals surface area (Å²) < 4.78 is 59.6. The molecule has 1 heterocycles. The molecular formula is C25H29N3O6S2. The number of ether oxygens (including phenoxy) is 1. The zero-order valence-electron chi connectivity index (χ0n) is 20.2. The van der Waals surface area contributed by atoms with Gasteiger partial charge in [0.05, 0.1) is 19.1 Å². The first kappa shape index (κ1) is 25.9. The fraction of sp³-hybridized carbons (Fsp3) is 0.320. The summed E-state index contributed by atoms with van der Waals surface area (Å²) in [6.07, 6.45) is 3.59. The van der Waals surface area contributed by atoms with Crippen LogP contribution in [0.25, 0.3) is 10.8 Å². The number of carbonyl (C=O) groups excluding carboxylic acids is 1. The van der Waals surface area contributed by atoms with Gasteiger partial charge in [0.25, 0.3) is 0 Å². The third-order valence-corrected chi connectivity index (χ3v) is 9.15. The Morgan fingerprint density at radius 1 is 0.972 bits per heavy atom. The number of fused-ring (bicyclic) bond motifs is 1. The molecule has 1 fully saturated rings. The highest BCUT2D eigenvalue weighted by atomic mass is 32.2. The Balaban J connectivity index is 1.62. The van der Waals surface area contributed by atoms with E-state index in [-0.39, 0.29) is 16.3 Å². The Morgan fingerprint density at radius 2 is 1.67 bits per heavy atom. The van der Waals surface area contributed by atoms with Gasteiger partial charge < -0.3 is 10.1 Å². The molecular weight excluding hydrogens is 502 g/mol. The summed E-state index contributed by atoms with van der Waals surface area (Å²) in [5, 5.41) is 4.18. The van der Waals surface area contributed by atoms with E-state index in [1.54, 1.807) is 24.3 Å². The van der Waals surface area contributed by atoms with Crippen molar-refractivity contribution < 1.29 is 26.4 Å². The van der Waals surface area contributed by atoms with E-state index in [1.165, 1.54) is 29.6 Å². The first-order chi connectivity index (χ1) is 17.1. The summed E-state index contributed by atoms with van der Waals surface area (Å²) in [6, 6.07) is 16.9. The van der Waals surface area contributed by atoms with Crippen molar-refractivity contribution in [3.05, 3.63) is 60.7 Å². The molecule has 0 radical (unpaired) electrons. The lowest BCUT2D eigenvalue weighted by Crippen LogP contribution is -2.37. The van der Waals surface area contributed by atoms with Gasteiger partial charge >= 0.3 is 0 Å². The molecule has 192 valence electrons. The number of amides is 1. The van der Waals surface area contributed by atoms with E-state index in [0.29, 0.717) is 24.2 Å². The molecule has 0 atom stereocenters. The lowest BCUT2D eigenvalue weighted by molar-refractivity contribution is -0.114. The van der Waals surface area contributed by atoms with Crippen LogP contribution < -0.4 is 14.4 Å². The van der Waals surface area contributed by atoms with Crippen LogP contribution in [0.3, 0.4) is 0 Å². The number of piperidine rings is 1. The Kier molecular flexibility index (Phi) is 7.53. The molecule has 3 aromatic carbocycles. The second-order valence-electron chi connectivity index (χ2n) is 8.65. The van der Waals surface area contributed by atoms with Gasteiger partial charge in [-0.3, -0.25) is 9.10 Å². The average molecular weight is 532 g/mol. The fourth-order valence-corrected chi connectivity index (χ4v) is 6.91. The molecule has 1 N–H and O–H groups in total. The topological polar surface area (TPSA) is 113 Å². The number of nitrogens with one attached hydrogen (secondary N) is 1. The first-order valence-electron chi connectivity index (χ1n) is 11.5. The zero-order valence-corrected chi connectivity index (χ0v) is 21.8. The summed E-state index contributed by atoms with van der Waals surface area (Å²) in [7, 11) is -6.24. The van der Waals surface area contributed by atoms with Gasteiger partial charge in [0.15, 0.2) is 0 Å². The molecule has 0 aliphatic carbocycles. The first-order valence-corrected chi connectivity index (χ1v) is 14.8. The second kappa shape index (κ2) is 10.5. The summed E-state index contributed by atoms with van der Waals surface area (Å²) in [5.41, 5.74) is 0.608. The number of carbonyl (C=O) groups is 1. The molecule has 0 unspecified atom stereocenters. The molecule has 1 aliphatic heterocycles. The smallest absolute Gasteiger partial charge is 0.246 e. The number of hydrogen-bond donors (Lipinski definition) is 1. The van der Waals surface area contributed by atoms with E-state index in [2.05, 4.69) is 5.32 Å². The number of benzene rings is 3. The Hall–Kier alpha value is -3.15. The van der Waals surface area contributed by atoms with E-state index >= 15 is 0 Å². The largest absolute Gasteiger partial charge is 0.495 e. The molecule has 11 heteroatoms. The van der Waals surface area contributed by atoms with Gasteiger partial charge in [-0.25, -0.2) is 16.8 Å². The van der Waals surface area contributed by atoms with E-state index in [0.717, 1.165) is 35.2 Å². The molecule has 1 saturated heterocycles. The average Bonchev–Trinajstić information content (AvgIpc) is 2.87. The van der Waals surface area contributed by atoms with Crippen LogP contribution in [0.15, 0.2) is 65.6 Å². The monoisotopic (exact) mass is 531 g/mol. The van der Waals surface area contributed by atoms with Crippen LogP contribution in [-0.4, -0.2) is 60.0 Å². The highest BCUT2D eigenvalue weighted by Gasteiger charge is 2.29. The van der Waals surface area contributed by atoms with Crippen molar-refractivity contribution in [2.45, 2.75) is 24.2 Å². The quantitative estimate of drug-likeness (QED) is 0.477. The standard InChI is InChI=1S/C25H29N3O6S2/c1-34-23-14-13-20(17-24(23)36(32,33)27-15-6-3-7-16-27)26-25(29)18-28(35(2,30)31)22-12-8-10-19-9-4-5-11-21(19)22/h4-5,8-14,17H,3,6-7,15-16,18H2,1-2H3,(H,26,29). The maximum Gasteiger partial charge on any atom is 0.246 e. The molecule has 36 heavy (non-hydrogen) atoms. The molecule has 0 bridgehead atoms. The highest BCUT2D eigenvalue weighted by molar-refractivity contribution is 7.92. The molecule has 1 aliphatic rings. The molecule has 0 aromatic heterocycles. The minimum Gasteiger partial charge on any atom is -0.495 e. The maximum atomic E-state index is 13.3.